The summed E-state index contributed by atoms with van der Waals surface area (Å²) in [4.78, 5) is 21.3. The number of nitrogens with zero attached hydrogens (tertiary/aromatic N) is 5. The Labute approximate surface area is 108 Å². The van der Waals surface area contributed by atoms with Crippen LogP contribution in [-0.4, -0.2) is 56.5 Å². The molecule has 0 spiro atoms. The van der Waals surface area contributed by atoms with E-state index < -0.39 is 12.1 Å². The summed E-state index contributed by atoms with van der Waals surface area (Å²) in [5, 5.41) is 13.2. The van der Waals surface area contributed by atoms with Gasteiger partial charge in [0.1, 0.15) is 12.1 Å². The Kier molecular flexibility index (Phi) is 2.79. The lowest BCUT2D eigenvalue weighted by Gasteiger charge is -2.32. The van der Waals surface area contributed by atoms with Crippen LogP contribution in [0.15, 0.2) is 12.4 Å². The van der Waals surface area contributed by atoms with Gasteiger partial charge in [0.05, 0.1) is 13.2 Å². The minimum absolute atomic E-state index is 0.285. The predicted octanol–water partition coefficient (Wildman–Crippen LogP) is -0.277. The van der Waals surface area contributed by atoms with Crippen molar-refractivity contribution in [2.45, 2.75) is 13.0 Å². The number of morpholine rings is 1. The molecule has 2 aromatic heterocycles. The van der Waals surface area contributed by atoms with Gasteiger partial charge in [-0.05, 0) is 6.92 Å². The quantitative estimate of drug-likeness (QED) is 0.796. The molecule has 8 heteroatoms. The van der Waals surface area contributed by atoms with Crippen molar-refractivity contribution < 1.29 is 14.6 Å². The zero-order chi connectivity index (χ0) is 13.4. The van der Waals surface area contributed by atoms with Crippen LogP contribution in [0, 0.1) is 6.92 Å². The topological polar surface area (TPSA) is 92.8 Å². The Morgan fingerprint density at radius 2 is 2.42 bits per heavy atom. The molecule has 100 valence electrons. The summed E-state index contributed by atoms with van der Waals surface area (Å²) in [6.07, 6.45) is 0.612. The number of anilines is 1. The van der Waals surface area contributed by atoms with E-state index in [1.807, 2.05) is 17.9 Å². The van der Waals surface area contributed by atoms with Crippen LogP contribution < -0.4 is 4.90 Å². The summed E-state index contributed by atoms with van der Waals surface area (Å²) in [7, 11) is 0. The van der Waals surface area contributed by atoms with Gasteiger partial charge in [-0.3, -0.25) is 0 Å². The molecule has 1 fully saturated rings. The van der Waals surface area contributed by atoms with E-state index >= 15 is 0 Å². The zero-order valence-electron chi connectivity index (χ0n) is 10.4. The Hall–Kier alpha value is -2.22. The largest absolute Gasteiger partial charge is 0.479 e. The maximum Gasteiger partial charge on any atom is 0.334 e. The first kappa shape index (κ1) is 11.8. The third kappa shape index (κ3) is 2.10. The van der Waals surface area contributed by atoms with Gasteiger partial charge < -0.3 is 14.7 Å². The molecule has 3 heterocycles. The van der Waals surface area contributed by atoms with Gasteiger partial charge in [-0.25, -0.2) is 9.78 Å². The number of aliphatic carboxylic acids is 1. The summed E-state index contributed by atoms with van der Waals surface area (Å²) < 4.78 is 6.82. The third-order valence-corrected chi connectivity index (χ3v) is 3.03. The van der Waals surface area contributed by atoms with Crippen LogP contribution in [-0.2, 0) is 9.53 Å². The molecule has 2 aromatic rings. The maximum atomic E-state index is 11.0. The van der Waals surface area contributed by atoms with E-state index in [4.69, 9.17) is 9.84 Å². The molecule has 0 bridgehead atoms. The van der Waals surface area contributed by atoms with Crippen molar-refractivity contribution in [1.82, 2.24) is 19.6 Å². The number of aromatic nitrogens is 4. The first-order valence-electron chi connectivity index (χ1n) is 5.92. The molecular weight excluding hydrogens is 250 g/mol. The number of hydrogen-bond acceptors (Lipinski definition) is 6. The number of hydrogen-bond donors (Lipinski definition) is 1. The highest BCUT2D eigenvalue weighted by Crippen LogP contribution is 2.19. The molecule has 0 aromatic carbocycles. The maximum absolute atomic E-state index is 11.0. The van der Waals surface area contributed by atoms with Gasteiger partial charge in [0.15, 0.2) is 6.10 Å². The molecule has 1 aliphatic heterocycles. The summed E-state index contributed by atoms with van der Waals surface area (Å²) in [6, 6.07) is 1.87. The van der Waals surface area contributed by atoms with Gasteiger partial charge in [0.2, 0.25) is 0 Å². The monoisotopic (exact) mass is 263 g/mol. The van der Waals surface area contributed by atoms with E-state index in [0.717, 1.165) is 11.5 Å². The van der Waals surface area contributed by atoms with E-state index in [-0.39, 0.29) is 6.54 Å². The van der Waals surface area contributed by atoms with Crippen molar-refractivity contribution in [1.29, 1.82) is 0 Å². The second kappa shape index (κ2) is 4.47. The lowest BCUT2D eigenvalue weighted by Crippen LogP contribution is -2.46. The predicted molar refractivity (Wildman–Crippen MR) is 65.1 cm³/mol. The van der Waals surface area contributed by atoms with E-state index in [2.05, 4.69) is 15.1 Å². The van der Waals surface area contributed by atoms with Crippen molar-refractivity contribution in [2.24, 2.45) is 0 Å². The van der Waals surface area contributed by atoms with Gasteiger partial charge in [-0.2, -0.15) is 14.6 Å². The molecule has 19 heavy (non-hydrogen) atoms. The average Bonchev–Trinajstić information content (AvgIpc) is 2.85. The van der Waals surface area contributed by atoms with E-state index in [1.165, 1.54) is 6.33 Å². The molecule has 1 unspecified atom stereocenters. The number of fused-ring (bicyclic) bond motifs is 1. The summed E-state index contributed by atoms with van der Waals surface area (Å²) in [5.74, 6) is 0.341. The van der Waals surface area contributed by atoms with Crippen LogP contribution in [0.5, 0.6) is 0 Å². The van der Waals surface area contributed by atoms with E-state index in [1.54, 1.807) is 4.52 Å². The number of rotatable bonds is 2. The zero-order valence-corrected chi connectivity index (χ0v) is 10.4. The first-order valence-corrected chi connectivity index (χ1v) is 5.92. The number of ether oxygens (including phenoxy) is 1. The Morgan fingerprint density at radius 1 is 1.58 bits per heavy atom. The van der Waals surface area contributed by atoms with Crippen molar-refractivity contribution in [3.05, 3.63) is 18.1 Å². The third-order valence-electron chi connectivity index (χ3n) is 3.03. The number of carbonyl (C=O) groups is 1. The van der Waals surface area contributed by atoms with E-state index in [0.29, 0.717) is 18.9 Å². The van der Waals surface area contributed by atoms with Crippen molar-refractivity contribution in [3.8, 4) is 0 Å². The van der Waals surface area contributed by atoms with Crippen molar-refractivity contribution in [3.63, 3.8) is 0 Å². The van der Waals surface area contributed by atoms with Gasteiger partial charge in [0.25, 0.3) is 5.78 Å². The minimum Gasteiger partial charge on any atom is -0.479 e. The Balaban J connectivity index is 1.99. The molecule has 0 aliphatic carbocycles. The lowest BCUT2D eigenvalue weighted by atomic mass is 10.2. The molecular formula is C11H13N5O3. The highest BCUT2D eigenvalue weighted by Gasteiger charge is 2.27. The molecule has 0 radical (unpaired) electrons. The lowest BCUT2D eigenvalue weighted by molar-refractivity contribution is -0.150. The van der Waals surface area contributed by atoms with Crippen molar-refractivity contribution in [2.75, 3.05) is 24.6 Å². The first-order chi connectivity index (χ1) is 9.15. The van der Waals surface area contributed by atoms with Gasteiger partial charge >= 0.3 is 5.97 Å². The summed E-state index contributed by atoms with van der Waals surface area (Å²) in [6.45, 7) is 3.14. The van der Waals surface area contributed by atoms with Crippen LogP contribution in [0.4, 0.5) is 5.82 Å². The fourth-order valence-electron chi connectivity index (χ4n) is 2.14. The molecule has 1 saturated heterocycles. The Bertz CT molecular complexity index is 626. The van der Waals surface area contributed by atoms with Crippen molar-refractivity contribution >= 4 is 17.6 Å². The van der Waals surface area contributed by atoms with Gasteiger partial charge in [-0.1, -0.05) is 0 Å². The number of carboxylic acid groups (broad SMARTS) is 1. The van der Waals surface area contributed by atoms with Crippen LogP contribution in [0.3, 0.4) is 0 Å². The molecule has 1 aliphatic rings. The number of aryl methyl sites for hydroxylation is 1. The summed E-state index contributed by atoms with van der Waals surface area (Å²) in [5.41, 5.74) is 0.814. The second-order valence-electron chi connectivity index (χ2n) is 4.37. The highest BCUT2D eigenvalue weighted by atomic mass is 16.5. The number of carboxylic acids is 1. The van der Waals surface area contributed by atoms with Crippen LogP contribution in [0.2, 0.25) is 0 Å². The molecule has 1 N–H and O–H groups in total. The SMILES string of the molecule is Cc1cc(N2CCOC(C(=O)O)C2)n2ncnc2n1. The van der Waals surface area contributed by atoms with Crippen LogP contribution >= 0.6 is 0 Å². The fraction of sp³-hybridized carbons (Fsp3) is 0.455. The molecule has 8 nitrogen and oxygen atoms in total. The van der Waals surface area contributed by atoms with Gasteiger partial charge in [0, 0.05) is 18.3 Å². The van der Waals surface area contributed by atoms with E-state index in [9.17, 15) is 4.79 Å². The smallest absolute Gasteiger partial charge is 0.334 e. The summed E-state index contributed by atoms with van der Waals surface area (Å²) >= 11 is 0. The minimum atomic E-state index is -0.953. The van der Waals surface area contributed by atoms with Crippen LogP contribution in [0.1, 0.15) is 5.69 Å². The molecule has 0 saturated carbocycles. The molecule has 3 rings (SSSR count). The fourth-order valence-corrected chi connectivity index (χ4v) is 2.14. The molecule has 0 amide bonds. The second-order valence-corrected chi connectivity index (χ2v) is 4.37. The Morgan fingerprint density at radius 3 is 3.21 bits per heavy atom. The molecule has 1 atom stereocenters. The average molecular weight is 263 g/mol. The van der Waals surface area contributed by atoms with Crippen LogP contribution in [0.25, 0.3) is 5.78 Å². The standard InChI is InChI=1S/C11H13N5O3/c1-7-4-9(16-11(14-7)12-6-13-16)15-2-3-19-8(5-15)10(17)18/h4,6,8H,2-3,5H2,1H3,(H,17,18). The highest BCUT2D eigenvalue weighted by molar-refractivity contribution is 5.73. The normalized spacial score (nSPS) is 19.8. The van der Waals surface area contributed by atoms with Gasteiger partial charge in [-0.15, -0.1) is 0 Å².